The number of anilines is 1. The Labute approximate surface area is 186 Å². The Morgan fingerprint density at radius 2 is 1.81 bits per heavy atom. The summed E-state index contributed by atoms with van der Waals surface area (Å²) in [5, 5.41) is 9.51. The van der Waals surface area contributed by atoms with E-state index in [4.69, 9.17) is 0 Å². The third-order valence-corrected chi connectivity index (χ3v) is 9.91. The summed E-state index contributed by atoms with van der Waals surface area (Å²) in [6.07, 6.45) is 2.14. The lowest BCUT2D eigenvalue weighted by Gasteiger charge is -2.41. The van der Waals surface area contributed by atoms with Crippen molar-refractivity contribution in [2.75, 3.05) is 15.8 Å². The minimum absolute atomic E-state index is 0.00469. The van der Waals surface area contributed by atoms with Crippen LogP contribution in [0.25, 0.3) is 0 Å². The van der Waals surface area contributed by atoms with Crippen LogP contribution in [-0.2, 0) is 25.3 Å². The van der Waals surface area contributed by atoms with Gasteiger partial charge in [-0.3, -0.25) is 4.31 Å². The summed E-state index contributed by atoms with van der Waals surface area (Å²) in [4.78, 5) is 11.5. The molecule has 0 aromatic heterocycles. The fourth-order valence-electron chi connectivity index (χ4n) is 4.83. The van der Waals surface area contributed by atoms with Crippen LogP contribution in [0, 0.1) is 5.82 Å². The van der Waals surface area contributed by atoms with Gasteiger partial charge in [0.1, 0.15) is 15.7 Å². The van der Waals surface area contributed by atoms with Gasteiger partial charge < -0.3 is 5.11 Å². The van der Waals surface area contributed by atoms with Crippen molar-refractivity contribution in [2.45, 2.75) is 35.6 Å². The Hall–Kier alpha value is -2.72. The third-order valence-electron chi connectivity index (χ3n) is 6.42. The molecule has 32 heavy (non-hydrogen) atoms. The molecule has 2 aliphatic rings. The minimum Gasteiger partial charge on any atom is -0.478 e. The summed E-state index contributed by atoms with van der Waals surface area (Å²) < 4.78 is 66.5. The fraction of sp³-hybridized carbons (Fsp3) is 0.318. The predicted octanol–water partition coefficient (Wildman–Crippen LogP) is 3.12. The molecule has 0 saturated carbocycles. The summed E-state index contributed by atoms with van der Waals surface area (Å²) in [5.74, 6) is -1.98. The molecule has 2 aromatic rings. The van der Waals surface area contributed by atoms with E-state index in [1.54, 1.807) is 6.08 Å². The number of halogens is 1. The normalized spacial score (nSPS) is 21.3. The Balaban J connectivity index is 1.96. The van der Waals surface area contributed by atoms with Gasteiger partial charge in [0.25, 0.3) is 10.0 Å². The van der Waals surface area contributed by atoms with Crippen molar-refractivity contribution in [1.82, 2.24) is 0 Å². The average Bonchev–Trinajstić information content (AvgIpc) is 3.00. The lowest BCUT2D eigenvalue weighted by molar-refractivity contribution is 0.0696. The SMILES string of the molecule is C=CCC1N(S(=O)(=O)c2ccc(F)cc2)c2ccc(C(=O)O)cc2C12CCS(=O)(=O)CC2. The first-order chi connectivity index (χ1) is 15.0. The number of carboxylic acid groups (broad SMARTS) is 1. The summed E-state index contributed by atoms with van der Waals surface area (Å²) in [6, 6.07) is 8.02. The monoisotopic (exact) mass is 479 g/mol. The first kappa shape index (κ1) is 22.5. The number of aromatic carboxylic acids is 1. The number of carbonyl (C=O) groups is 1. The van der Waals surface area contributed by atoms with Crippen molar-refractivity contribution in [3.05, 3.63) is 72.1 Å². The van der Waals surface area contributed by atoms with E-state index in [0.717, 1.165) is 12.1 Å². The zero-order valence-corrected chi connectivity index (χ0v) is 18.7. The van der Waals surface area contributed by atoms with Crippen LogP contribution >= 0.6 is 0 Å². The average molecular weight is 480 g/mol. The van der Waals surface area contributed by atoms with Gasteiger partial charge in [0.15, 0.2) is 0 Å². The number of hydrogen-bond donors (Lipinski definition) is 1. The Kier molecular flexibility index (Phi) is 5.41. The fourth-order valence-corrected chi connectivity index (χ4v) is 8.14. The van der Waals surface area contributed by atoms with Gasteiger partial charge in [0.05, 0.1) is 33.7 Å². The first-order valence-electron chi connectivity index (χ1n) is 10.0. The second-order valence-corrected chi connectivity index (χ2v) is 12.3. The molecule has 1 fully saturated rings. The molecule has 2 heterocycles. The van der Waals surface area contributed by atoms with Gasteiger partial charge in [-0.25, -0.2) is 26.0 Å². The van der Waals surface area contributed by atoms with Crippen molar-refractivity contribution in [2.24, 2.45) is 0 Å². The zero-order valence-electron chi connectivity index (χ0n) is 17.1. The van der Waals surface area contributed by atoms with Crippen molar-refractivity contribution in [3.63, 3.8) is 0 Å². The molecule has 2 aromatic carbocycles. The highest BCUT2D eigenvalue weighted by atomic mass is 32.2. The molecule has 1 saturated heterocycles. The molecule has 0 radical (unpaired) electrons. The number of benzene rings is 2. The minimum atomic E-state index is -4.16. The van der Waals surface area contributed by atoms with E-state index in [1.807, 2.05) is 0 Å². The van der Waals surface area contributed by atoms with Crippen LogP contribution in [0.4, 0.5) is 10.1 Å². The van der Waals surface area contributed by atoms with Crippen molar-refractivity contribution >= 4 is 31.5 Å². The smallest absolute Gasteiger partial charge is 0.335 e. The van der Waals surface area contributed by atoms with Gasteiger partial charge >= 0.3 is 5.97 Å². The number of sulfone groups is 1. The topological polar surface area (TPSA) is 109 Å². The highest BCUT2D eigenvalue weighted by Gasteiger charge is 2.56. The molecule has 2 aliphatic heterocycles. The molecule has 0 amide bonds. The van der Waals surface area contributed by atoms with Crippen LogP contribution in [0.2, 0.25) is 0 Å². The molecular weight excluding hydrogens is 457 g/mol. The number of hydrogen-bond acceptors (Lipinski definition) is 5. The molecular formula is C22H22FNO6S2. The van der Waals surface area contributed by atoms with Crippen LogP contribution in [0.3, 0.4) is 0 Å². The number of carboxylic acids is 1. The second-order valence-electron chi connectivity index (χ2n) is 8.14. The van der Waals surface area contributed by atoms with Crippen LogP contribution in [0.1, 0.15) is 35.2 Å². The Morgan fingerprint density at radius 3 is 2.38 bits per heavy atom. The quantitative estimate of drug-likeness (QED) is 0.660. The Morgan fingerprint density at radius 1 is 1.19 bits per heavy atom. The zero-order chi connectivity index (χ0) is 23.3. The van der Waals surface area contributed by atoms with Gasteiger partial charge in [-0.2, -0.15) is 0 Å². The van der Waals surface area contributed by atoms with E-state index in [0.29, 0.717) is 11.3 Å². The number of rotatable bonds is 5. The molecule has 10 heteroatoms. The maximum Gasteiger partial charge on any atom is 0.335 e. The van der Waals surface area contributed by atoms with Gasteiger partial charge in [-0.15, -0.1) is 6.58 Å². The molecule has 1 spiro atoms. The van der Waals surface area contributed by atoms with Crippen LogP contribution in [0.15, 0.2) is 60.0 Å². The van der Waals surface area contributed by atoms with Gasteiger partial charge in [-0.05, 0) is 67.3 Å². The van der Waals surface area contributed by atoms with Crippen molar-refractivity contribution in [3.8, 4) is 0 Å². The predicted molar refractivity (Wildman–Crippen MR) is 118 cm³/mol. The summed E-state index contributed by atoms with van der Waals surface area (Å²) in [7, 11) is -7.43. The highest BCUT2D eigenvalue weighted by molar-refractivity contribution is 7.93. The van der Waals surface area contributed by atoms with Gasteiger partial charge in [0, 0.05) is 5.41 Å². The summed E-state index contributed by atoms with van der Waals surface area (Å²) in [5.41, 5.74) is -0.0711. The first-order valence-corrected chi connectivity index (χ1v) is 13.3. The number of sulfonamides is 1. The maximum atomic E-state index is 13.7. The van der Waals surface area contributed by atoms with E-state index in [9.17, 15) is 31.1 Å². The van der Waals surface area contributed by atoms with Gasteiger partial charge in [0.2, 0.25) is 0 Å². The molecule has 4 rings (SSSR count). The van der Waals surface area contributed by atoms with E-state index < -0.39 is 43.1 Å². The lowest BCUT2D eigenvalue weighted by atomic mass is 9.71. The summed E-state index contributed by atoms with van der Waals surface area (Å²) >= 11 is 0. The summed E-state index contributed by atoms with van der Waals surface area (Å²) in [6.45, 7) is 3.76. The highest BCUT2D eigenvalue weighted by Crippen LogP contribution is 2.54. The lowest BCUT2D eigenvalue weighted by Crippen LogP contribution is -2.50. The van der Waals surface area contributed by atoms with Crippen molar-refractivity contribution in [1.29, 1.82) is 0 Å². The molecule has 7 nitrogen and oxygen atoms in total. The van der Waals surface area contributed by atoms with E-state index in [2.05, 4.69) is 6.58 Å². The maximum absolute atomic E-state index is 13.7. The van der Waals surface area contributed by atoms with Gasteiger partial charge in [-0.1, -0.05) is 6.08 Å². The van der Waals surface area contributed by atoms with Crippen LogP contribution in [0.5, 0.6) is 0 Å². The molecule has 1 unspecified atom stereocenters. The third kappa shape index (κ3) is 3.51. The second kappa shape index (κ2) is 7.70. The van der Waals surface area contributed by atoms with E-state index in [1.165, 1.54) is 34.6 Å². The number of nitrogens with zero attached hydrogens (tertiary/aromatic N) is 1. The van der Waals surface area contributed by atoms with E-state index >= 15 is 0 Å². The number of fused-ring (bicyclic) bond motifs is 2. The standard InChI is InChI=1S/C22H22FNO6S2/c1-2-3-20-22(10-12-31(27,28)13-11-22)18-14-15(21(25)26)4-9-19(18)24(20)32(29,30)17-7-5-16(23)6-8-17/h2,4-9,14,20H,1,3,10-13H2,(H,25,26). The van der Waals surface area contributed by atoms with Crippen molar-refractivity contribution < 1.29 is 31.1 Å². The Bertz CT molecular complexity index is 1290. The molecule has 0 aliphatic carbocycles. The van der Waals surface area contributed by atoms with Crippen LogP contribution < -0.4 is 4.31 Å². The molecule has 1 atom stereocenters. The van der Waals surface area contributed by atoms with E-state index in [-0.39, 0.29) is 41.2 Å². The van der Waals surface area contributed by atoms with Crippen LogP contribution in [-0.4, -0.2) is 45.5 Å². The molecule has 170 valence electrons. The molecule has 1 N–H and O–H groups in total. The largest absolute Gasteiger partial charge is 0.478 e. The molecule has 0 bridgehead atoms.